The highest BCUT2D eigenvalue weighted by atomic mass is 16.2. The van der Waals surface area contributed by atoms with Crippen LogP contribution in [0.2, 0.25) is 0 Å². The van der Waals surface area contributed by atoms with Gasteiger partial charge in [-0.2, -0.15) is 0 Å². The molecular formula is C13H25N3O2. The molecule has 18 heavy (non-hydrogen) atoms. The van der Waals surface area contributed by atoms with Crippen molar-refractivity contribution in [1.82, 2.24) is 10.2 Å². The Morgan fingerprint density at radius 1 is 1.39 bits per heavy atom. The second-order valence-electron chi connectivity index (χ2n) is 4.98. The molecule has 0 aromatic heterocycles. The van der Waals surface area contributed by atoms with E-state index >= 15 is 0 Å². The van der Waals surface area contributed by atoms with Crippen molar-refractivity contribution in [2.45, 2.75) is 32.6 Å². The van der Waals surface area contributed by atoms with Crippen molar-refractivity contribution in [2.75, 3.05) is 26.7 Å². The van der Waals surface area contributed by atoms with Crippen LogP contribution in [-0.2, 0) is 9.59 Å². The molecule has 1 rings (SSSR count). The Kier molecular flexibility index (Phi) is 6.12. The first-order valence-corrected chi connectivity index (χ1v) is 6.81. The minimum absolute atomic E-state index is 0.0653. The maximum Gasteiger partial charge on any atom is 0.222 e. The molecule has 1 atom stereocenters. The first-order valence-electron chi connectivity index (χ1n) is 6.81. The largest absolute Gasteiger partial charge is 0.359 e. The zero-order valence-corrected chi connectivity index (χ0v) is 11.4. The summed E-state index contributed by atoms with van der Waals surface area (Å²) in [6, 6.07) is 0. The van der Waals surface area contributed by atoms with Gasteiger partial charge in [0, 0.05) is 32.5 Å². The molecule has 2 amide bonds. The Bertz CT molecular complexity index is 282. The number of carbonyl (C=O) groups is 2. The Morgan fingerprint density at radius 3 is 2.44 bits per heavy atom. The molecule has 5 nitrogen and oxygen atoms in total. The van der Waals surface area contributed by atoms with Gasteiger partial charge in [-0.3, -0.25) is 9.59 Å². The van der Waals surface area contributed by atoms with Crippen LogP contribution in [0.5, 0.6) is 0 Å². The molecular weight excluding hydrogens is 230 g/mol. The zero-order valence-electron chi connectivity index (χ0n) is 11.4. The second kappa shape index (κ2) is 7.36. The molecule has 104 valence electrons. The van der Waals surface area contributed by atoms with Crippen molar-refractivity contribution in [3.05, 3.63) is 0 Å². The Hall–Kier alpha value is -1.10. The van der Waals surface area contributed by atoms with Crippen molar-refractivity contribution in [3.8, 4) is 0 Å². The summed E-state index contributed by atoms with van der Waals surface area (Å²) in [5.74, 6) is 0.628. The number of hydrogen-bond donors (Lipinski definition) is 2. The normalized spacial score (nSPS) is 18.5. The predicted octanol–water partition coefficient (Wildman–Crippen LogP) is 0.346. The van der Waals surface area contributed by atoms with Crippen molar-refractivity contribution < 1.29 is 9.59 Å². The molecule has 1 fully saturated rings. The first-order chi connectivity index (χ1) is 8.62. The number of nitrogens with zero attached hydrogens (tertiary/aromatic N) is 1. The van der Waals surface area contributed by atoms with Gasteiger partial charge in [0.2, 0.25) is 11.8 Å². The van der Waals surface area contributed by atoms with Gasteiger partial charge in [0.25, 0.3) is 0 Å². The zero-order chi connectivity index (χ0) is 13.5. The Balaban J connectivity index is 2.38. The summed E-state index contributed by atoms with van der Waals surface area (Å²) in [5.41, 5.74) is 5.62. The van der Waals surface area contributed by atoms with Crippen LogP contribution in [0.1, 0.15) is 32.6 Å². The molecule has 0 radical (unpaired) electrons. The molecule has 3 N–H and O–H groups in total. The molecule has 1 aliphatic rings. The number of hydrogen-bond acceptors (Lipinski definition) is 3. The average Bonchev–Trinajstić information content (AvgIpc) is 2.43. The van der Waals surface area contributed by atoms with Gasteiger partial charge in [-0.15, -0.1) is 0 Å². The molecule has 1 saturated heterocycles. The van der Waals surface area contributed by atoms with E-state index in [9.17, 15) is 9.59 Å². The molecule has 1 unspecified atom stereocenters. The van der Waals surface area contributed by atoms with Crippen LogP contribution in [0.4, 0.5) is 0 Å². The Morgan fingerprint density at radius 2 is 2.00 bits per heavy atom. The highest BCUT2D eigenvalue weighted by molar-refractivity contribution is 5.79. The number of rotatable bonds is 5. The fourth-order valence-electron chi connectivity index (χ4n) is 2.37. The number of amides is 2. The number of piperidine rings is 1. The molecule has 0 aromatic carbocycles. The van der Waals surface area contributed by atoms with Gasteiger partial charge in [0.1, 0.15) is 0 Å². The Labute approximate surface area is 109 Å². The summed E-state index contributed by atoms with van der Waals surface area (Å²) in [5, 5.41) is 2.67. The maximum atomic E-state index is 12.0. The van der Waals surface area contributed by atoms with Crippen LogP contribution in [-0.4, -0.2) is 43.4 Å². The molecule has 0 spiro atoms. The summed E-state index contributed by atoms with van der Waals surface area (Å²) in [6.07, 6.45) is 3.02. The van der Waals surface area contributed by atoms with Crippen LogP contribution in [0, 0.1) is 11.8 Å². The van der Waals surface area contributed by atoms with Gasteiger partial charge >= 0.3 is 0 Å². The van der Waals surface area contributed by atoms with E-state index in [1.165, 1.54) is 0 Å². The van der Waals surface area contributed by atoms with Crippen molar-refractivity contribution in [1.29, 1.82) is 0 Å². The second-order valence-corrected chi connectivity index (χ2v) is 4.98. The number of nitrogens with one attached hydrogen (secondary N) is 1. The summed E-state index contributed by atoms with van der Waals surface area (Å²) >= 11 is 0. The highest BCUT2D eigenvalue weighted by Gasteiger charge is 2.27. The monoisotopic (exact) mass is 255 g/mol. The van der Waals surface area contributed by atoms with Crippen LogP contribution in [0.3, 0.4) is 0 Å². The predicted molar refractivity (Wildman–Crippen MR) is 70.8 cm³/mol. The number of nitrogens with two attached hydrogens (primary N) is 1. The van der Waals surface area contributed by atoms with Crippen molar-refractivity contribution in [3.63, 3.8) is 0 Å². The molecule has 1 aliphatic heterocycles. The summed E-state index contributed by atoms with van der Waals surface area (Å²) in [6.45, 7) is 4.01. The molecule has 0 aromatic rings. The van der Waals surface area contributed by atoms with Gasteiger partial charge in [0.15, 0.2) is 0 Å². The third-order valence-electron chi connectivity index (χ3n) is 3.84. The fraction of sp³-hybridized carbons (Fsp3) is 0.846. The number of likely N-dealkylation sites (tertiary alicyclic amines) is 1. The van der Waals surface area contributed by atoms with Crippen LogP contribution in [0.15, 0.2) is 0 Å². The van der Waals surface area contributed by atoms with E-state index in [1.807, 2.05) is 4.90 Å². The molecule has 0 bridgehead atoms. The number of carbonyl (C=O) groups excluding carboxylic acids is 2. The minimum Gasteiger partial charge on any atom is -0.359 e. The van der Waals surface area contributed by atoms with Gasteiger partial charge in [-0.25, -0.2) is 0 Å². The van der Waals surface area contributed by atoms with Crippen molar-refractivity contribution in [2.24, 2.45) is 17.6 Å². The molecule has 0 aliphatic carbocycles. The standard InChI is InChI=1S/C13H25N3O2/c1-3-10(9-14)8-12(17)16-6-4-11(5-7-16)13(18)15-2/h10-11H,3-9,14H2,1-2H3,(H,15,18). The maximum absolute atomic E-state index is 12.0. The van der Waals surface area contributed by atoms with Crippen LogP contribution < -0.4 is 11.1 Å². The van der Waals surface area contributed by atoms with E-state index in [0.29, 0.717) is 26.1 Å². The summed E-state index contributed by atoms with van der Waals surface area (Å²) in [4.78, 5) is 25.4. The van der Waals surface area contributed by atoms with Crippen molar-refractivity contribution >= 4 is 11.8 Å². The topological polar surface area (TPSA) is 75.4 Å². The lowest BCUT2D eigenvalue weighted by Gasteiger charge is -2.32. The summed E-state index contributed by atoms with van der Waals surface area (Å²) < 4.78 is 0. The van der Waals surface area contributed by atoms with Crippen LogP contribution >= 0.6 is 0 Å². The SMILES string of the molecule is CCC(CN)CC(=O)N1CCC(C(=O)NC)CC1. The molecule has 5 heteroatoms. The average molecular weight is 255 g/mol. The lowest BCUT2D eigenvalue weighted by molar-refractivity contribution is -0.136. The highest BCUT2D eigenvalue weighted by Crippen LogP contribution is 2.19. The first kappa shape index (κ1) is 15.0. The van der Waals surface area contributed by atoms with Gasteiger partial charge in [0.05, 0.1) is 0 Å². The van der Waals surface area contributed by atoms with Gasteiger partial charge in [-0.05, 0) is 25.3 Å². The van der Waals surface area contributed by atoms with E-state index in [2.05, 4.69) is 12.2 Å². The van der Waals surface area contributed by atoms with E-state index in [0.717, 1.165) is 19.3 Å². The van der Waals surface area contributed by atoms with E-state index < -0.39 is 0 Å². The van der Waals surface area contributed by atoms with Gasteiger partial charge < -0.3 is 16.0 Å². The van der Waals surface area contributed by atoms with Crippen LogP contribution in [0.25, 0.3) is 0 Å². The molecule has 1 heterocycles. The lowest BCUT2D eigenvalue weighted by atomic mass is 9.94. The van der Waals surface area contributed by atoms with E-state index in [4.69, 9.17) is 5.73 Å². The third kappa shape index (κ3) is 3.98. The fourth-order valence-corrected chi connectivity index (χ4v) is 2.37. The minimum atomic E-state index is 0.0653. The van der Waals surface area contributed by atoms with E-state index in [-0.39, 0.29) is 23.7 Å². The summed E-state index contributed by atoms with van der Waals surface area (Å²) in [7, 11) is 1.66. The lowest BCUT2D eigenvalue weighted by Crippen LogP contribution is -2.43. The molecule has 0 saturated carbocycles. The quantitative estimate of drug-likeness (QED) is 0.744. The van der Waals surface area contributed by atoms with Gasteiger partial charge in [-0.1, -0.05) is 13.3 Å². The van der Waals surface area contributed by atoms with E-state index in [1.54, 1.807) is 7.05 Å². The smallest absolute Gasteiger partial charge is 0.222 e. The third-order valence-corrected chi connectivity index (χ3v) is 3.84.